The van der Waals surface area contributed by atoms with Gasteiger partial charge < -0.3 is 9.32 Å². The van der Waals surface area contributed by atoms with Crippen LogP contribution >= 0.6 is 11.8 Å². The lowest BCUT2D eigenvalue weighted by Gasteiger charge is -2.16. The lowest BCUT2D eigenvalue weighted by molar-refractivity contribution is -0.387. The molecule has 2 aromatic carbocycles. The molecule has 1 amide bonds. The van der Waals surface area contributed by atoms with Crippen molar-refractivity contribution in [3.63, 3.8) is 0 Å². The minimum Gasteiger partial charge on any atom is -0.467 e. The van der Waals surface area contributed by atoms with Gasteiger partial charge in [-0.1, -0.05) is 29.5 Å². The molecule has 0 fully saturated rings. The second-order valence-corrected chi connectivity index (χ2v) is 7.21. The highest BCUT2D eigenvalue weighted by atomic mass is 32.2. The maximum atomic E-state index is 12.6. The van der Waals surface area contributed by atoms with E-state index in [1.165, 1.54) is 29.0 Å². The zero-order chi connectivity index (χ0) is 19.4. The van der Waals surface area contributed by atoms with Crippen molar-refractivity contribution in [2.45, 2.75) is 23.3 Å². The number of carbonyl (C=O) groups excluding carboxylic acids is 1. The van der Waals surface area contributed by atoms with Gasteiger partial charge in [-0.05, 0) is 43.3 Å². The number of hydrogen-bond donors (Lipinski definition) is 0. The third-order valence-electron chi connectivity index (χ3n) is 3.97. The van der Waals surface area contributed by atoms with Crippen molar-refractivity contribution in [1.29, 1.82) is 0 Å². The Morgan fingerprint density at radius 2 is 1.93 bits per heavy atom. The molecule has 3 aromatic rings. The van der Waals surface area contributed by atoms with E-state index in [2.05, 4.69) is 0 Å². The molecular weight excluding hydrogens is 364 g/mol. The van der Waals surface area contributed by atoms with Crippen LogP contribution in [0.1, 0.15) is 21.7 Å². The summed E-state index contributed by atoms with van der Waals surface area (Å²) in [4.78, 5) is 26.5. The molecule has 3 rings (SSSR count). The predicted molar refractivity (Wildman–Crippen MR) is 103 cm³/mol. The summed E-state index contributed by atoms with van der Waals surface area (Å²) in [5.74, 6) is 0.341. The Kier molecular flexibility index (Phi) is 5.61. The van der Waals surface area contributed by atoms with Crippen LogP contribution in [0, 0.1) is 17.0 Å². The lowest BCUT2D eigenvalue weighted by Crippen LogP contribution is -2.26. The third kappa shape index (κ3) is 4.57. The average Bonchev–Trinajstić information content (AvgIpc) is 3.16. The van der Waals surface area contributed by atoms with E-state index < -0.39 is 4.92 Å². The van der Waals surface area contributed by atoms with Crippen LogP contribution in [0.25, 0.3) is 0 Å². The van der Waals surface area contributed by atoms with Crippen LogP contribution < -0.4 is 0 Å². The molecule has 6 nitrogen and oxygen atoms in total. The molecule has 1 aromatic heterocycles. The first-order valence-corrected chi connectivity index (χ1v) is 9.06. The number of nitro groups is 1. The molecule has 1 heterocycles. The SMILES string of the molecule is Cc1ccc(Sc2ccc(C(=O)N(C)Cc3ccco3)cc2[N+](=O)[O-])cc1. The molecule has 0 atom stereocenters. The summed E-state index contributed by atoms with van der Waals surface area (Å²) in [6, 6.07) is 15.8. The number of benzene rings is 2. The van der Waals surface area contributed by atoms with E-state index in [4.69, 9.17) is 4.42 Å². The lowest BCUT2D eigenvalue weighted by atomic mass is 10.1. The van der Waals surface area contributed by atoms with E-state index in [1.54, 1.807) is 31.3 Å². The summed E-state index contributed by atoms with van der Waals surface area (Å²) in [6.45, 7) is 2.27. The topological polar surface area (TPSA) is 76.6 Å². The molecule has 7 heteroatoms. The van der Waals surface area contributed by atoms with Gasteiger partial charge in [0, 0.05) is 23.6 Å². The molecule has 0 aliphatic heterocycles. The first-order chi connectivity index (χ1) is 12.9. The fraction of sp³-hybridized carbons (Fsp3) is 0.150. The summed E-state index contributed by atoms with van der Waals surface area (Å²) in [5, 5.41) is 11.5. The molecule has 0 radical (unpaired) electrons. The fourth-order valence-corrected chi connectivity index (χ4v) is 3.44. The van der Waals surface area contributed by atoms with Gasteiger partial charge >= 0.3 is 0 Å². The molecule has 0 aliphatic rings. The Bertz CT molecular complexity index is 953. The van der Waals surface area contributed by atoms with E-state index in [0.717, 1.165) is 10.5 Å². The highest BCUT2D eigenvalue weighted by Crippen LogP contribution is 2.35. The second kappa shape index (κ2) is 8.09. The Labute approximate surface area is 160 Å². The van der Waals surface area contributed by atoms with Gasteiger partial charge in [0.25, 0.3) is 11.6 Å². The standard InChI is InChI=1S/C20H18N2O4S/c1-14-5-8-17(9-6-14)27-19-10-7-15(12-18(19)22(24)25)20(23)21(2)13-16-4-3-11-26-16/h3-12H,13H2,1-2H3. The van der Waals surface area contributed by atoms with Gasteiger partial charge in [-0.2, -0.15) is 0 Å². The van der Waals surface area contributed by atoms with Crippen molar-refractivity contribution >= 4 is 23.4 Å². The third-order valence-corrected chi connectivity index (χ3v) is 5.04. The molecule has 0 saturated carbocycles. The first-order valence-electron chi connectivity index (χ1n) is 8.25. The molecule has 0 unspecified atom stereocenters. The highest BCUT2D eigenvalue weighted by molar-refractivity contribution is 7.99. The number of rotatable bonds is 6. The van der Waals surface area contributed by atoms with Crippen molar-refractivity contribution in [2.75, 3.05) is 7.05 Å². The van der Waals surface area contributed by atoms with Crippen LogP contribution in [0.5, 0.6) is 0 Å². The van der Waals surface area contributed by atoms with E-state index in [9.17, 15) is 14.9 Å². The number of aryl methyl sites for hydroxylation is 1. The van der Waals surface area contributed by atoms with Crippen LogP contribution in [-0.2, 0) is 6.54 Å². The average molecular weight is 382 g/mol. The predicted octanol–water partition coefficient (Wildman–Crippen LogP) is 4.92. The molecule has 0 saturated heterocycles. The molecule has 138 valence electrons. The number of hydrogen-bond acceptors (Lipinski definition) is 5. The number of nitrogens with zero attached hydrogens (tertiary/aromatic N) is 2. The number of amides is 1. The summed E-state index contributed by atoms with van der Waals surface area (Å²) in [5.41, 5.74) is 1.30. The maximum Gasteiger partial charge on any atom is 0.284 e. The van der Waals surface area contributed by atoms with Gasteiger partial charge in [0.05, 0.1) is 22.6 Å². The molecular formula is C20H18N2O4S. The molecule has 0 aliphatic carbocycles. The summed E-state index contributed by atoms with van der Waals surface area (Å²) in [7, 11) is 1.63. The van der Waals surface area contributed by atoms with E-state index in [0.29, 0.717) is 17.2 Å². The second-order valence-electron chi connectivity index (χ2n) is 6.10. The number of nitro benzene ring substituents is 1. The maximum absolute atomic E-state index is 12.6. The van der Waals surface area contributed by atoms with Gasteiger partial charge in [0.1, 0.15) is 5.76 Å². The van der Waals surface area contributed by atoms with Crippen LogP contribution in [-0.4, -0.2) is 22.8 Å². The van der Waals surface area contributed by atoms with Crippen molar-refractivity contribution < 1.29 is 14.1 Å². The van der Waals surface area contributed by atoms with Gasteiger partial charge in [0.15, 0.2) is 0 Å². The summed E-state index contributed by atoms with van der Waals surface area (Å²) in [6.07, 6.45) is 1.54. The Morgan fingerprint density at radius 3 is 2.56 bits per heavy atom. The van der Waals surface area contributed by atoms with E-state index in [1.807, 2.05) is 31.2 Å². The zero-order valence-corrected chi connectivity index (χ0v) is 15.7. The highest BCUT2D eigenvalue weighted by Gasteiger charge is 2.20. The Balaban J connectivity index is 1.83. The van der Waals surface area contributed by atoms with Crippen LogP contribution in [0.3, 0.4) is 0 Å². The van der Waals surface area contributed by atoms with Crippen molar-refractivity contribution in [3.8, 4) is 0 Å². The molecule has 27 heavy (non-hydrogen) atoms. The summed E-state index contributed by atoms with van der Waals surface area (Å²) < 4.78 is 5.24. The smallest absolute Gasteiger partial charge is 0.284 e. The van der Waals surface area contributed by atoms with Crippen molar-refractivity contribution in [2.24, 2.45) is 0 Å². The van der Waals surface area contributed by atoms with Gasteiger partial charge in [0.2, 0.25) is 0 Å². The van der Waals surface area contributed by atoms with Gasteiger partial charge in [-0.3, -0.25) is 14.9 Å². The minimum absolute atomic E-state index is 0.0853. The molecule has 0 bridgehead atoms. The molecule has 0 spiro atoms. The van der Waals surface area contributed by atoms with Crippen LogP contribution in [0.2, 0.25) is 0 Å². The largest absolute Gasteiger partial charge is 0.467 e. The fourth-order valence-electron chi connectivity index (χ4n) is 2.54. The van der Waals surface area contributed by atoms with Crippen LogP contribution in [0.15, 0.2) is 75.1 Å². The Hall–Kier alpha value is -3.06. The van der Waals surface area contributed by atoms with Crippen molar-refractivity contribution in [3.05, 3.63) is 87.9 Å². The molecule has 0 N–H and O–H groups in total. The number of carbonyl (C=O) groups is 1. The minimum atomic E-state index is -0.458. The quantitative estimate of drug-likeness (QED) is 0.447. The van der Waals surface area contributed by atoms with Crippen LogP contribution in [0.4, 0.5) is 5.69 Å². The summed E-state index contributed by atoms with van der Waals surface area (Å²) >= 11 is 1.30. The van der Waals surface area contributed by atoms with Gasteiger partial charge in [-0.25, -0.2) is 0 Å². The Morgan fingerprint density at radius 1 is 1.19 bits per heavy atom. The van der Waals surface area contributed by atoms with Crippen molar-refractivity contribution in [1.82, 2.24) is 4.90 Å². The monoisotopic (exact) mass is 382 g/mol. The first kappa shape index (κ1) is 18.7. The van der Waals surface area contributed by atoms with E-state index >= 15 is 0 Å². The number of furan rings is 1. The normalized spacial score (nSPS) is 10.6. The van der Waals surface area contributed by atoms with Gasteiger partial charge in [-0.15, -0.1) is 0 Å². The zero-order valence-electron chi connectivity index (χ0n) is 14.9. The van der Waals surface area contributed by atoms with E-state index in [-0.39, 0.29) is 17.2 Å².